The number of rotatable bonds is 3. The Balaban J connectivity index is 1.89. The molecule has 0 N–H and O–H groups in total. The van der Waals surface area contributed by atoms with Gasteiger partial charge in [-0.15, -0.1) is 10.2 Å². The zero-order chi connectivity index (χ0) is 14.7. The summed E-state index contributed by atoms with van der Waals surface area (Å²) in [4.78, 5) is 0.813. The third-order valence-electron chi connectivity index (χ3n) is 3.08. The molecule has 0 aliphatic heterocycles. The number of methoxy groups -OCH3 is 1. The van der Waals surface area contributed by atoms with E-state index in [1.807, 2.05) is 48.0 Å². The van der Waals surface area contributed by atoms with Crippen LogP contribution in [0.4, 0.5) is 5.69 Å². The minimum absolute atomic E-state index is 0.739. The molecule has 1 heterocycles. The number of fused-ring (bicyclic) bond motifs is 1. The van der Waals surface area contributed by atoms with Crippen molar-refractivity contribution in [3.8, 4) is 5.75 Å². The van der Waals surface area contributed by atoms with Crippen molar-refractivity contribution in [1.82, 2.24) is 4.57 Å². The van der Waals surface area contributed by atoms with Crippen LogP contribution >= 0.6 is 11.3 Å². The molecule has 0 fully saturated rings. The lowest BCUT2D eigenvalue weighted by Crippen LogP contribution is -2.08. The van der Waals surface area contributed by atoms with Gasteiger partial charge in [0.25, 0.3) is 0 Å². The first-order chi connectivity index (χ1) is 10.3. The number of hydrogen-bond donors (Lipinski definition) is 0. The van der Waals surface area contributed by atoms with E-state index in [9.17, 15) is 0 Å². The molecule has 2 aromatic carbocycles. The van der Waals surface area contributed by atoms with E-state index in [-0.39, 0.29) is 0 Å². The Morgan fingerprint density at radius 1 is 1.05 bits per heavy atom. The summed E-state index contributed by atoms with van der Waals surface area (Å²) in [6.45, 7) is 0. The average molecular weight is 298 g/mol. The highest BCUT2D eigenvalue weighted by atomic mass is 32.1. The van der Waals surface area contributed by atoms with E-state index in [1.54, 1.807) is 18.4 Å². The molecule has 0 amide bonds. The first-order valence-corrected chi connectivity index (χ1v) is 7.23. The molecule has 3 aromatic rings. The number of ether oxygens (including phenoxy) is 1. The van der Waals surface area contributed by atoms with E-state index in [0.717, 1.165) is 21.8 Å². The number of nitrogens with zero attached hydrogens (tertiary/aromatic N) is 4. The number of benzene rings is 2. The van der Waals surface area contributed by atoms with E-state index < -0.39 is 0 Å². The minimum Gasteiger partial charge on any atom is -0.497 e. The SMILES string of the molecule is COc1ccc(N=N/N=c2/sc3ccccc3n2C)cc1. The molecule has 0 unspecified atom stereocenters. The first-order valence-electron chi connectivity index (χ1n) is 6.41. The van der Waals surface area contributed by atoms with Gasteiger partial charge in [-0.1, -0.05) is 23.5 Å². The second-order valence-electron chi connectivity index (χ2n) is 4.40. The maximum atomic E-state index is 5.09. The molecule has 1 aromatic heterocycles. The molecule has 6 heteroatoms. The van der Waals surface area contributed by atoms with Crippen molar-refractivity contribution >= 4 is 27.2 Å². The monoisotopic (exact) mass is 298 g/mol. The van der Waals surface area contributed by atoms with E-state index in [1.165, 1.54) is 4.70 Å². The van der Waals surface area contributed by atoms with Gasteiger partial charge in [0.2, 0.25) is 4.80 Å². The highest BCUT2D eigenvalue weighted by Gasteiger charge is 2.00. The van der Waals surface area contributed by atoms with Gasteiger partial charge >= 0.3 is 0 Å². The molecule has 0 bridgehead atoms. The van der Waals surface area contributed by atoms with Crippen molar-refractivity contribution in [2.45, 2.75) is 0 Å². The molecule has 106 valence electrons. The van der Waals surface area contributed by atoms with Gasteiger partial charge in [0, 0.05) is 7.05 Å². The molecule has 0 aliphatic carbocycles. The van der Waals surface area contributed by atoms with Crippen LogP contribution in [0.25, 0.3) is 10.2 Å². The minimum atomic E-state index is 0.739. The summed E-state index contributed by atoms with van der Waals surface area (Å²) >= 11 is 1.59. The Kier molecular flexibility index (Phi) is 3.79. The number of aryl methyl sites for hydroxylation is 1. The van der Waals surface area contributed by atoms with Crippen molar-refractivity contribution in [1.29, 1.82) is 0 Å². The Morgan fingerprint density at radius 2 is 1.81 bits per heavy atom. The van der Waals surface area contributed by atoms with Gasteiger partial charge in [0.05, 0.1) is 23.0 Å². The van der Waals surface area contributed by atoms with Crippen molar-refractivity contribution in [3.63, 3.8) is 0 Å². The van der Waals surface area contributed by atoms with Crippen molar-refractivity contribution in [2.75, 3.05) is 7.11 Å². The third-order valence-corrected chi connectivity index (χ3v) is 4.18. The summed E-state index contributed by atoms with van der Waals surface area (Å²) in [5.41, 5.74) is 1.88. The Labute approximate surface area is 125 Å². The van der Waals surface area contributed by atoms with Crippen LogP contribution < -0.4 is 9.54 Å². The van der Waals surface area contributed by atoms with Gasteiger partial charge in [0.15, 0.2) is 0 Å². The van der Waals surface area contributed by atoms with E-state index >= 15 is 0 Å². The lowest BCUT2D eigenvalue weighted by atomic mass is 10.3. The molecule has 0 saturated carbocycles. The lowest BCUT2D eigenvalue weighted by Gasteiger charge is -1.97. The van der Waals surface area contributed by atoms with Gasteiger partial charge in [0.1, 0.15) is 5.75 Å². The van der Waals surface area contributed by atoms with Crippen LogP contribution in [-0.2, 0) is 7.05 Å². The quantitative estimate of drug-likeness (QED) is 0.535. The topological polar surface area (TPSA) is 51.2 Å². The number of aromatic nitrogens is 1. The first kappa shape index (κ1) is 13.5. The number of hydrogen-bond acceptors (Lipinski definition) is 4. The molecular weight excluding hydrogens is 284 g/mol. The molecule has 5 nitrogen and oxygen atoms in total. The average Bonchev–Trinajstić information content (AvgIpc) is 2.85. The second kappa shape index (κ2) is 5.88. The van der Waals surface area contributed by atoms with E-state index in [4.69, 9.17) is 4.74 Å². The summed E-state index contributed by atoms with van der Waals surface area (Å²) in [6, 6.07) is 15.5. The summed E-state index contributed by atoms with van der Waals surface area (Å²) < 4.78 is 8.28. The smallest absolute Gasteiger partial charge is 0.213 e. The van der Waals surface area contributed by atoms with Gasteiger partial charge in [-0.05, 0) is 41.6 Å². The highest BCUT2D eigenvalue weighted by Crippen LogP contribution is 2.18. The van der Waals surface area contributed by atoms with Crippen molar-refractivity contribution in [3.05, 3.63) is 53.3 Å². The summed E-state index contributed by atoms with van der Waals surface area (Å²) in [5, 5.41) is 12.2. The molecule has 21 heavy (non-hydrogen) atoms. The van der Waals surface area contributed by atoms with Crippen LogP contribution in [0.5, 0.6) is 5.75 Å². The molecular formula is C15H14N4OS. The van der Waals surface area contributed by atoms with Crippen LogP contribution in [0.3, 0.4) is 0 Å². The molecule has 0 radical (unpaired) electrons. The van der Waals surface area contributed by atoms with Crippen LogP contribution in [0.2, 0.25) is 0 Å². The Morgan fingerprint density at radius 3 is 2.52 bits per heavy atom. The molecule has 3 rings (SSSR count). The molecule has 0 saturated heterocycles. The predicted octanol–water partition coefficient (Wildman–Crippen LogP) is 3.85. The summed E-state index contributed by atoms with van der Waals surface area (Å²) in [7, 11) is 3.61. The van der Waals surface area contributed by atoms with Crippen LogP contribution in [0, 0.1) is 0 Å². The molecule has 0 spiro atoms. The fourth-order valence-electron chi connectivity index (χ4n) is 1.94. The maximum absolute atomic E-state index is 5.09. The van der Waals surface area contributed by atoms with Crippen LogP contribution in [0.15, 0.2) is 64.0 Å². The summed E-state index contributed by atoms with van der Waals surface area (Å²) in [6.07, 6.45) is 0. The fourth-order valence-corrected chi connectivity index (χ4v) is 2.90. The van der Waals surface area contributed by atoms with Crippen LogP contribution in [0.1, 0.15) is 0 Å². The fraction of sp³-hybridized carbons (Fsp3) is 0.133. The van der Waals surface area contributed by atoms with Gasteiger partial charge in [-0.25, -0.2) is 0 Å². The Hall–Kier alpha value is -2.47. The molecule has 0 atom stereocenters. The number of para-hydroxylation sites is 1. The number of thiazole rings is 1. The van der Waals surface area contributed by atoms with E-state index in [2.05, 4.69) is 27.6 Å². The predicted molar refractivity (Wildman–Crippen MR) is 83.9 cm³/mol. The van der Waals surface area contributed by atoms with Gasteiger partial charge in [-0.3, -0.25) is 0 Å². The zero-order valence-electron chi connectivity index (χ0n) is 11.7. The Bertz CT molecular complexity index is 846. The lowest BCUT2D eigenvalue weighted by molar-refractivity contribution is 0.415. The normalized spacial score (nSPS) is 12.4. The largest absolute Gasteiger partial charge is 0.497 e. The van der Waals surface area contributed by atoms with Crippen LogP contribution in [-0.4, -0.2) is 11.7 Å². The zero-order valence-corrected chi connectivity index (χ0v) is 12.5. The van der Waals surface area contributed by atoms with E-state index in [0.29, 0.717) is 0 Å². The van der Waals surface area contributed by atoms with Gasteiger partial charge in [-0.2, -0.15) is 0 Å². The third kappa shape index (κ3) is 2.85. The van der Waals surface area contributed by atoms with Gasteiger partial charge < -0.3 is 9.30 Å². The summed E-state index contributed by atoms with van der Waals surface area (Å²) in [5.74, 6) is 0.793. The molecule has 0 aliphatic rings. The standard InChI is InChI=1S/C15H14N4OS/c1-19-13-5-3-4-6-14(13)21-15(19)17-18-16-11-7-9-12(20-2)10-8-11/h3-10H,1-2H3/b17-15+,18-16?. The highest BCUT2D eigenvalue weighted by molar-refractivity contribution is 7.16. The van der Waals surface area contributed by atoms with Crippen molar-refractivity contribution in [2.24, 2.45) is 22.5 Å². The second-order valence-corrected chi connectivity index (χ2v) is 5.41. The van der Waals surface area contributed by atoms with Crippen molar-refractivity contribution < 1.29 is 4.74 Å². The maximum Gasteiger partial charge on any atom is 0.213 e.